The lowest BCUT2D eigenvalue weighted by atomic mass is 9.87. The fraction of sp³-hybridized carbons (Fsp3) is 0.391. The van der Waals surface area contributed by atoms with Crippen molar-refractivity contribution in [2.24, 2.45) is 0 Å². The van der Waals surface area contributed by atoms with Gasteiger partial charge in [0.05, 0.1) is 26.9 Å². The number of methoxy groups -OCH3 is 3. The Kier molecular flexibility index (Phi) is 7.69. The molecule has 0 aromatic heterocycles. The Morgan fingerprint density at radius 1 is 0.900 bits per heavy atom. The minimum atomic E-state index is -0.543. The Balaban J connectivity index is 1.91. The van der Waals surface area contributed by atoms with Crippen molar-refractivity contribution >= 4 is 11.9 Å². The molecule has 0 saturated heterocycles. The normalized spacial score (nSPS) is 10.9. The molecular formula is C23H29NO6. The number of amides is 1. The zero-order chi connectivity index (χ0) is 22.3. The molecule has 1 N–H and O–H groups in total. The molecule has 0 unspecified atom stereocenters. The van der Waals surface area contributed by atoms with Crippen LogP contribution in [0.5, 0.6) is 17.2 Å². The van der Waals surface area contributed by atoms with E-state index in [0.29, 0.717) is 22.8 Å². The van der Waals surface area contributed by atoms with E-state index in [-0.39, 0.29) is 18.6 Å². The number of benzene rings is 2. The van der Waals surface area contributed by atoms with Gasteiger partial charge in [0, 0.05) is 6.54 Å². The summed E-state index contributed by atoms with van der Waals surface area (Å²) in [7, 11) is 4.56. The van der Waals surface area contributed by atoms with Gasteiger partial charge in [-0.3, -0.25) is 4.79 Å². The molecule has 0 aliphatic carbocycles. The molecule has 0 heterocycles. The van der Waals surface area contributed by atoms with Crippen LogP contribution in [-0.2, 0) is 21.5 Å². The Morgan fingerprint density at radius 3 is 1.93 bits per heavy atom. The summed E-state index contributed by atoms with van der Waals surface area (Å²) < 4.78 is 21.0. The fourth-order valence-corrected chi connectivity index (χ4v) is 2.81. The highest BCUT2D eigenvalue weighted by Gasteiger charge is 2.16. The second kappa shape index (κ2) is 10.0. The van der Waals surface area contributed by atoms with Gasteiger partial charge >= 0.3 is 5.97 Å². The average Bonchev–Trinajstić information content (AvgIpc) is 2.74. The lowest BCUT2D eigenvalue weighted by Crippen LogP contribution is -2.28. The van der Waals surface area contributed by atoms with Crippen molar-refractivity contribution in [1.29, 1.82) is 0 Å². The van der Waals surface area contributed by atoms with Crippen molar-refractivity contribution < 1.29 is 28.5 Å². The van der Waals surface area contributed by atoms with Crippen LogP contribution in [0.1, 0.15) is 42.3 Å². The van der Waals surface area contributed by atoms with E-state index < -0.39 is 11.9 Å². The van der Waals surface area contributed by atoms with Gasteiger partial charge in [-0.2, -0.15) is 0 Å². The van der Waals surface area contributed by atoms with Crippen LogP contribution in [-0.4, -0.2) is 39.8 Å². The first kappa shape index (κ1) is 23.1. The molecule has 0 aliphatic heterocycles. The lowest BCUT2D eigenvalue weighted by molar-refractivity contribution is -0.124. The van der Waals surface area contributed by atoms with Crippen molar-refractivity contribution in [2.45, 2.75) is 32.7 Å². The van der Waals surface area contributed by atoms with Crippen molar-refractivity contribution in [3.8, 4) is 17.2 Å². The molecule has 7 heteroatoms. The Bertz CT molecular complexity index is 859. The highest BCUT2D eigenvalue weighted by Crippen LogP contribution is 2.38. The molecule has 1 amide bonds. The van der Waals surface area contributed by atoms with E-state index in [1.165, 1.54) is 21.3 Å². The van der Waals surface area contributed by atoms with E-state index in [2.05, 4.69) is 26.1 Å². The van der Waals surface area contributed by atoms with Crippen LogP contribution in [0.2, 0.25) is 0 Å². The summed E-state index contributed by atoms with van der Waals surface area (Å²) in [6.07, 6.45) is 0. The largest absolute Gasteiger partial charge is 0.493 e. The zero-order valence-corrected chi connectivity index (χ0v) is 18.3. The topological polar surface area (TPSA) is 83.1 Å². The molecular weight excluding hydrogens is 386 g/mol. The van der Waals surface area contributed by atoms with Gasteiger partial charge in [0.25, 0.3) is 5.91 Å². The van der Waals surface area contributed by atoms with Crippen molar-refractivity contribution in [2.75, 3.05) is 27.9 Å². The summed E-state index contributed by atoms with van der Waals surface area (Å²) in [6.45, 7) is 6.13. The Morgan fingerprint density at radius 2 is 1.47 bits per heavy atom. The number of nitrogens with one attached hydrogen (secondary N) is 1. The van der Waals surface area contributed by atoms with Crippen LogP contribution in [0.25, 0.3) is 0 Å². The third-order valence-corrected chi connectivity index (χ3v) is 4.54. The van der Waals surface area contributed by atoms with Gasteiger partial charge in [0.15, 0.2) is 18.1 Å². The molecule has 0 fully saturated rings. The van der Waals surface area contributed by atoms with Crippen LogP contribution in [0.4, 0.5) is 0 Å². The van der Waals surface area contributed by atoms with Crippen LogP contribution in [0.3, 0.4) is 0 Å². The standard InChI is InChI=1S/C23H29NO6/c1-23(2,3)17-9-7-16(8-10-17)22(26)30-14-20(25)24-13-15-11-18(27-4)21(29-6)19(12-15)28-5/h7-12H,13-14H2,1-6H3,(H,24,25). The fourth-order valence-electron chi connectivity index (χ4n) is 2.81. The quantitative estimate of drug-likeness (QED) is 0.665. The molecule has 0 aliphatic rings. The van der Waals surface area contributed by atoms with Crippen molar-refractivity contribution in [3.05, 3.63) is 53.1 Å². The van der Waals surface area contributed by atoms with Gasteiger partial charge in [0.2, 0.25) is 5.75 Å². The highest BCUT2D eigenvalue weighted by molar-refractivity contribution is 5.91. The molecule has 2 rings (SSSR count). The second-order valence-electron chi connectivity index (χ2n) is 7.71. The SMILES string of the molecule is COc1cc(CNC(=O)COC(=O)c2ccc(C(C)(C)C)cc2)cc(OC)c1OC. The van der Waals surface area contributed by atoms with Gasteiger partial charge in [-0.05, 0) is 40.8 Å². The summed E-state index contributed by atoms with van der Waals surface area (Å²) in [5.41, 5.74) is 2.26. The molecule has 162 valence electrons. The monoisotopic (exact) mass is 415 g/mol. The van der Waals surface area contributed by atoms with Gasteiger partial charge in [-0.15, -0.1) is 0 Å². The number of ether oxygens (including phenoxy) is 4. The number of carbonyl (C=O) groups excluding carboxylic acids is 2. The number of hydrogen-bond acceptors (Lipinski definition) is 6. The summed E-state index contributed by atoms with van der Waals surface area (Å²) in [5, 5.41) is 2.71. The van der Waals surface area contributed by atoms with Crippen LogP contribution >= 0.6 is 0 Å². The Hall–Kier alpha value is -3.22. The van der Waals surface area contributed by atoms with Crippen LogP contribution in [0, 0.1) is 0 Å². The zero-order valence-electron chi connectivity index (χ0n) is 18.3. The molecule has 0 atom stereocenters. The van der Waals surface area contributed by atoms with Gasteiger partial charge < -0.3 is 24.3 Å². The number of rotatable bonds is 8. The molecule has 7 nitrogen and oxygen atoms in total. The minimum absolute atomic E-state index is 0.00482. The maximum Gasteiger partial charge on any atom is 0.338 e. The van der Waals surface area contributed by atoms with E-state index in [1.807, 2.05) is 12.1 Å². The molecule has 0 saturated carbocycles. The molecule has 0 radical (unpaired) electrons. The highest BCUT2D eigenvalue weighted by atomic mass is 16.5. The van der Waals surface area contributed by atoms with Gasteiger partial charge in [0.1, 0.15) is 0 Å². The first-order valence-electron chi connectivity index (χ1n) is 9.52. The van der Waals surface area contributed by atoms with Crippen LogP contribution < -0.4 is 19.5 Å². The third-order valence-electron chi connectivity index (χ3n) is 4.54. The van der Waals surface area contributed by atoms with E-state index in [0.717, 1.165) is 11.1 Å². The number of hydrogen-bond donors (Lipinski definition) is 1. The molecule has 2 aromatic carbocycles. The Labute approximate surface area is 177 Å². The first-order valence-corrected chi connectivity index (χ1v) is 9.52. The molecule has 0 bridgehead atoms. The number of esters is 1. The van der Waals surface area contributed by atoms with Gasteiger partial charge in [-0.25, -0.2) is 4.79 Å². The number of carbonyl (C=O) groups is 2. The maximum atomic E-state index is 12.2. The average molecular weight is 415 g/mol. The summed E-state index contributed by atoms with van der Waals surface area (Å²) in [5.74, 6) is 0.501. The summed E-state index contributed by atoms with van der Waals surface area (Å²) in [6, 6.07) is 10.7. The van der Waals surface area contributed by atoms with E-state index >= 15 is 0 Å². The predicted octanol–water partition coefficient (Wildman–Crippen LogP) is 3.48. The lowest BCUT2D eigenvalue weighted by Gasteiger charge is -2.18. The summed E-state index contributed by atoms with van der Waals surface area (Å²) >= 11 is 0. The molecule has 2 aromatic rings. The molecule has 30 heavy (non-hydrogen) atoms. The maximum absolute atomic E-state index is 12.2. The van der Waals surface area contributed by atoms with Crippen molar-refractivity contribution in [3.63, 3.8) is 0 Å². The van der Waals surface area contributed by atoms with E-state index in [4.69, 9.17) is 18.9 Å². The first-order chi connectivity index (χ1) is 14.2. The second-order valence-corrected chi connectivity index (χ2v) is 7.71. The van der Waals surface area contributed by atoms with Crippen molar-refractivity contribution in [1.82, 2.24) is 5.32 Å². The third kappa shape index (κ3) is 5.89. The smallest absolute Gasteiger partial charge is 0.338 e. The summed E-state index contributed by atoms with van der Waals surface area (Å²) in [4.78, 5) is 24.3. The van der Waals surface area contributed by atoms with E-state index in [9.17, 15) is 9.59 Å². The minimum Gasteiger partial charge on any atom is -0.493 e. The van der Waals surface area contributed by atoms with Gasteiger partial charge in [-0.1, -0.05) is 32.9 Å². The molecule has 0 spiro atoms. The predicted molar refractivity (Wildman–Crippen MR) is 113 cm³/mol. The van der Waals surface area contributed by atoms with Crippen LogP contribution in [0.15, 0.2) is 36.4 Å². The van der Waals surface area contributed by atoms with E-state index in [1.54, 1.807) is 24.3 Å².